The van der Waals surface area contributed by atoms with Crippen LogP contribution < -0.4 is 5.63 Å². The van der Waals surface area contributed by atoms with Crippen LogP contribution >= 0.6 is 23.2 Å². The minimum Gasteiger partial charge on any atom is -0.506 e. The average molecular weight is 336 g/mol. The Hall–Kier alpha value is -2.04. The minimum atomic E-state index is -0.618. The van der Waals surface area contributed by atoms with Gasteiger partial charge in [0.25, 0.3) is 0 Å². The largest absolute Gasteiger partial charge is 0.506 e. The zero-order valence-corrected chi connectivity index (χ0v) is 13.1. The molecule has 0 aliphatic rings. The van der Waals surface area contributed by atoms with Crippen molar-refractivity contribution in [2.75, 3.05) is 0 Å². The maximum atomic E-state index is 12.2. The molecule has 0 spiro atoms. The molecule has 1 aromatic carbocycles. The SMILES string of the molecule is CCc1c(Cl)cc2cc(-c3ncccc3O)c(=O)oc2c1Cl. The number of aromatic hydroxyl groups is 1. The summed E-state index contributed by atoms with van der Waals surface area (Å²) in [6.07, 6.45) is 2.11. The number of hydrogen-bond donors (Lipinski definition) is 1. The first-order valence-corrected chi connectivity index (χ1v) is 7.37. The van der Waals surface area contributed by atoms with Gasteiger partial charge in [0.2, 0.25) is 0 Å². The third-order valence-corrected chi connectivity index (χ3v) is 4.14. The number of halogens is 2. The highest BCUT2D eigenvalue weighted by Crippen LogP contribution is 2.35. The van der Waals surface area contributed by atoms with Crippen LogP contribution in [0.25, 0.3) is 22.2 Å². The lowest BCUT2D eigenvalue weighted by Gasteiger charge is -2.09. The summed E-state index contributed by atoms with van der Waals surface area (Å²) in [6, 6.07) is 6.28. The summed E-state index contributed by atoms with van der Waals surface area (Å²) in [5.74, 6) is -0.100. The summed E-state index contributed by atoms with van der Waals surface area (Å²) in [7, 11) is 0. The molecule has 2 aromatic heterocycles. The van der Waals surface area contributed by atoms with Crippen LogP contribution in [-0.4, -0.2) is 10.1 Å². The third kappa shape index (κ3) is 2.34. The molecule has 0 saturated heterocycles. The Balaban J connectivity index is 2.35. The van der Waals surface area contributed by atoms with Crippen molar-refractivity contribution in [1.82, 2.24) is 4.98 Å². The number of aromatic nitrogens is 1. The van der Waals surface area contributed by atoms with Crippen molar-refractivity contribution in [2.45, 2.75) is 13.3 Å². The molecule has 0 fully saturated rings. The molecule has 0 unspecified atom stereocenters. The lowest BCUT2D eigenvalue weighted by molar-refractivity contribution is 0.474. The quantitative estimate of drug-likeness (QED) is 0.703. The molecule has 3 rings (SSSR count). The van der Waals surface area contributed by atoms with Crippen LogP contribution in [0, 0.1) is 0 Å². The molecular formula is C16H11Cl2NO3. The Morgan fingerprint density at radius 1 is 1.32 bits per heavy atom. The zero-order valence-electron chi connectivity index (χ0n) is 11.6. The summed E-state index contributed by atoms with van der Waals surface area (Å²) in [5, 5.41) is 11.3. The standard InChI is InChI=1S/C16H11Cl2NO3/c1-2-9-11(17)7-8-6-10(14-12(20)4-3-5-19-14)16(21)22-15(8)13(9)18/h3-7,20H,2H2,1H3. The van der Waals surface area contributed by atoms with Gasteiger partial charge in [0, 0.05) is 16.6 Å². The van der Waals surface area contributed by atoms with E-state index in [0.717, 1.165) is 5.56 Å². The predicted molar refractivity (Wildman–Crippen MR) is 86.8 cm³/mol. The summed E-state index contributed by atoms with van der Waals surface area (Å²) in [4.78, 5) is 16.2. The van der Waals surface area contributed by atoms with Crippen LogP contribution in [0.1, 0.15) is 12.5 Å². The number of fused-ring (bicyclic) bond motifs is 1. The van der Waals surface area contributed by atoms with E-state index in [9.17, 15) is 9.90 Å². The van der Waals surface area contributed by atoms with Gasteiger partial charge in [0.05, 0.1) is 10.6 Å². The van der Waals surface area contributed by atoms with Crippen LogP contribution in [0.15, 0.2) is 39.7 Å². The van der Waals surface area contributed by atoms with Crippen molar-refractivity contribution in [1.29, 1.82) is 0 Å². The Morgan fingerprint density at radius 3 is 2.77 bits per heavy atom. The van der Waals surface area contributed by atoms with Crippen LogP contribution in [0.5, 0.6) is 5.75 Å². The fourth-order valence-electron chi connectivity index (χ4n) is 2.32. The van der Waals surface area contributed by atoms with Crippen molar-refractivity contribution in [2.24, 2.45) is 0 Å². The topological polar surface area (TPSA) is 63.3 Å². The van der Waals surface area contributed by atoms with E-state index in [0.29, 0.717) is 21.9 Å². The van der Waals surface area contributed by atoms with Gasteiger partial charge in [-0.25, -0.2) is 4.79 Å². The Kier molecular flexibility index (Phi) is 3.81. The Morgan fingerprint density at radius 2 is 2.09 bits per heavy atom. The van der Waals surface area contributed by atoms with Gasteiger partial charge < -0.3 is 9.52 Å². The highest BCUT2D eigenvalue weighted by atomic mass is 35.5. The molecule has 22 heavy (non-hydrogen) atoms. The maximum absolute atomic E-state index is 12.2. The van der Waals surface area contributed by atoms with E-state index in [4.69, 9.17) is 27.6 Å². The molecule has 0 amide bonds. The van der Waals surface area contributed by atoms with Gasteiger partial charge >= 0.3 is 5.63 Å². The van der Waals surface area contributed by atoms with Crippen molar-refractivity contribution < 1.29 is 9.52 Å². The first kappa shape index (κ1) is 14.9. The smallest absolute Gasteiger partial charge is 0.345 e. The van der Waals surface area contributed by atoms with E-state index in [2.05, 4.69) is 4.98 Å². The molecule has 4 nitrogen and oxygen atoms in total. The van der Waals surface area contributed by atoms with Crippen LogP contribution in [-0.2, 0) is 6.42 Å². The Labute approximate surface area is 135 Å². The fraction of sp³-hybridized carbons (Fsp3) is 0.125. The molecule has 0 radical (unpaired) electrons. The molecule has 112 valence electrons. The lowest BCUT2D eigenvalue weighted by Crippen LogP contribution is -2.04. The molecular weight excluding hydrogens is 325 g/mol. The third-order valence-electron chi connectivity index (χ3n) is 3.41. The summed E-state index contributed by atoms with van der Waals surface area (Å²) in [6.45, 7) is 1.91. The number of rotatable bonds is 2. The Bertz CT molecular complexity index is 935. The number of hydrogen-bond acceptors (Lipinski definition) is 4. The maximum Gasteiger partial charge on any atom is 0.345 e. The molecule has 0 bridgehead atoms. The molecule has 6 heteroatoms. The van der Waals surface area contributed by atoms with Crippen LogP contribution in [0.2, 0.25) is 10.0 Å². The van der Waals surface area contributed by atoms with Gasteiger partial charge in [-0.05, 0) is 36.2 Å². The first-order chi connectivity index (χ1) is 10.5. The highest BCUT2D eigenvalue weighted by Gasteiger charge is 2.17. The second-order valence-electron chi connectivity index (χ2n) is 4.74. The van der Waals surface area contributed by atoms with Crippen molar-refractivity contribution >= 4 is 34.2 Å². The zero-order chi connectivity index (χ0) is 15.9. The molecule has 1 N–H and O–H groups in total. The molecule has 0 atom stereocenters. The molecule has 3 aromatic rings. The van der Waals surface area contributed by atoms with E-state index < -0.39 is 5.63 Å². The van der Waals surface area contributed by atoms with Gasteiger partial charge in [-0.2, -0.15) is 0 Å². The fourth-order valence-corrected chi connectivity index (χ4v) is 3.10. The molecule has 0 aliphatic carbocycles. The second kappa shape index (κ2) is 5.63. The second-order valence-corrected chi connectivity index (χ2v) is 5.53. The number of pyridine rings is 1. The summed E-state index contributed by atoms with van der Waals surface area (Å²) in [5.41, 5.74) is 0.708. The van der Waals surface area contributed by atoms with E-state index in [1.165, 1.54) is 12.3 Å². The van der Waals surface area contributed by atoms with E-state index in [-0.39, 0.29) is 22.6 Å². The van der Waals surface area contributed by atoms with Gasteiger partial charge in [0.1, 0.15) is 11.4 Å². The molecule has 0 aliphatic heterocycles. The van der Waals surface area contributed by atoms with E-state index >= 15 is 0 Å². The number of nitrogens with zero attached hydrogens (tertiary/aromatic N) is 1. The normalized spacial score (nSPS) is 11.0. The van der Waals surface area contributed by atoms with Gasteiger partial charge in [0.15, 0.2) is 5.58 Å². The van der Waals surface area contributed by atoms with Gasteiger partial charge in [-0.1, -0.05) is 30.1 Å². The van der Waals surface area contributed by atoms with Gasteiger partial charge in [-0.3, -0.25) is 4.98 Å². The van der Waals surface area contributed by atoms with Gasteiger partial charge in [-0.15, -0.1) is 0 Å². The predicted octanol–water partition coefficient (Wildman–Crippen LogP) is 4.43. The van der Waals surface area contributed by atoms with Crippen molar-refractivity contribution in [3.05, 3.63) is 56.5 Å². The monoisotopic (exact) mass is 335 g/mol. The average Bonchev–Trinajstić information content (AvgIpc) is 2.49. The lowest BCUT2D eigenvalue weighted by atomic mass is 10.1. The molecule has 2 heterocycles. The van der Waals surface area contributed by atoms with E-state index in [1.807, 2.05) is 6.92 Å². The minimum absolute atomic E-state index is 0.100. The van der Waals surface area contributed by atoms with Crippen molar-refractivity contribution in [3.63, 3.8) is 0 Å². The summed E-state index contributed by atoms with van der Waals surface area (Å²) >= 11 is 12.5. The van der Waals surface area contributed by atoms with Crippen molar-refractivity contribution in [3.8, 4) is 17.0 Å². The molecule has 0 saturated carbocycles. The summed E-state index contributed by atoms with van der Waals surface area (Å²) < 4.78 is 5.33. The van der Waals surface area contributed by atoms with Crippen LogP contribution in [0.3, 0.4) is 0 Å². The first-order valence-electron chi connectivity index (χ1n) is 6.62. The number of benzene rings is 1. The van der Waals surface area contributed by atoms with E-state index in [1.54, 1.807) is 18.2 Å². The van der Waals surface area contributed by atoms with Crippen LogP contribution in [0.4, 0.5) is 0 Å². The highest BCUT2D eigenvalue weighted by molar-refractivity contribution is 6.39.